The van der Waals surface area contributed by atoms with Crippen molar-refractivity contribution in [3.63, 3.8) is 0 Å². The van der Waals surface area contributed by atoms with Gasteiger partial charge in [0.05, 0.1) is 0 Å². The van der Waals surface area contributed by atoms with Crippen LogP contribution < -0.4 is 10.6 Å². The molecule has 3 rings (SSSR count). The van der Waals surface area contributed by atoms with Gasteiger partial charge in [0.2, 0.25) is 0 Å². The van der Waals surface area contributed by atoms with Crippen molar-refractivity contribution >= 4 is 11.6 Å². The molecule has 5 heteroatoms. The van der Waals surface area contributed by atoms with Crippen LogP contribution in [0.25, 0.3) is 0 Å². The van der Waals surface area contributed by atoms with Crippen LogP contribution in [-0.4, -0.2) is 29.0 Å². The van der Waals surface area contributed by atoms with E-state index < -0.39 is 0 Å². The molecule has 22 heavy (non-hydrogen) atoms. The Kier molecular flexibility index (Phi) is 4.44. The van der Waals surface area contributed by atoms with Crippen molar-refractivity contribution in [3.8, 4) is 0 Å². The highest BCUT2D eigenvalue weighted by Gasteiger charge is 2.20. The van der Waals surface area contributed by atoms with Crippen molar-refractivity contribution in [3.05, 3.63) is 53.6 Å². The number of nitrogens with one attached hydrogen (secondary N) is 2. The first kappa shape index (κ1) is 14.7. The molecule has 0 bridgehead atoms. The highest BCUT2D eigenvalue weighted by molar-refractivity contribution is 6.02. The van der Waals surface area contributed by atoms with Crippen LogP contribution in [0.5, 0.6) is 0 Å². The second-order valence-electron chi connectivity index (χ2n) is 5.60. The molecule has 0 atom stereocenters. The van der Waals surface area contributed by atoms with Crippen molar-refractivity contribution in [1.82, 2.24) is 15.3 Å². The van der Waals surface area contributed by atoms with Crippen molar-refractivity contribution in [2.45, 2.75) is 25.7 Å². The van der Waals surface area contributed by atoms with Crippen molar-refractivity contribution in [2.75, 3.05) is 18.4 Å². The number of para-hydroxylation sites is 1. The molecule has 1 aromatic carbocycles. The highest BCUT2D eigenvalue weighted by Crippen LogP contribution is 2.22. The molecule has 1 saturated heterocycles. The summed E-state index contributed by atoms with van der Waals surface area (Å²) in [6.45, 7) is 3.87. The van der Waals surface area contributed by atoms with Gasteiger partial charge in [-0.1, -0.05) is 18.2 Å². The van der Waals surface area contributed by atoms with E-state index in [0.717, 1.165) is 43.1 Å². The lowest BCUT2D eigenvalue weighted by Crippen LogP contribution is -2.28. The first-order chi connectivity index (χ1) is 10.7. The third-order valence-electron chi connectivity index (χ3n) is 3.84. The predicted octanol–water partition coefficient (Wildman–Crippen LogP) is 2.50. The van der Waals surface area contributed by atoms with Gasteiger partial charge < -0.3 is 10.6 Å². The van der Waals surface area contributed by atoms with Crippen LogP contribution in [0.15, 0.2) is 36.4 Å². The van der Waals surface area contributed by atoms with E-state index in [-0.39, 0.29) is 5.91 Å². The molecule has 1 aliphatic rings. The maximum atomic E-state index is 12.4. The molecule has 114 valence electrons. The Labute approximate surface area is 130 Å². The molecular formula is C17H20N4O. The lowest BCUT2D eigenvalue weighted by atomic mass is 9.97. The molecule has 1 aliphatic heterocycles. The zero-order chi connectivity index (χ0) is 15.4. The highest BCUT2D eigenvalue weighted by atomic mass is 16.1. The molecule has 0 aliphatic carbocycles. The van der Waals surface area contributed by atoms with E-state index in [0.29, 0.717) is 11.6 Å². The minimum atomic E-state index is -0.188. The normalized spacial score (nSPS) is 15.5. The maximum absolute atomic E-state index is 12.4. The summed E-state index contributed by atoms with van der Waals surface area (Å²) in [6.07, 6.45) is 2.03. The smallest absolute Gasteiger partial charge is 0.274 e. The number of carbonyl (C=O) groups excluding carboxylic acids is 1. The molecular weight excluding hydrogens is 276 g/mol. The number of hydrogen-bond donors (Lipinski definition) is 2. The Morgan fingerprint density at radius 1 is 1.18 bits per heavy atom. The summed E-state index contributed by atoms with van der Waals surface area (Å²) in [4.78, 5) is 21.4. The number of piperidine rings is 1. The minimum absolute atomic E-state index is 0.188. The molecule has 1 aromatic heterocycles. The number of amides is 1. The number of rotatable bonds is 3. The molecule has 1 amide bonds. The van der Waals surface area contributed by atoms with Gasteiger partial charge in [-0.2, -0.15) is 0 Å². The summed E-state index contributed by atoms with van der Waals surface area (Å²) in [7, 11) is 0. The first-order valence-electron chi connectivity index (χ1n) is 7.65. The molecule has 0 saturated carbocycles. The number of hydrogen-bond acceptors (Lipinski definition) is 4. The second-order valence-corrected chi connectivity index (χ2v) is 5.60. The van der Waals surface area contributed by atoms with Gasteiger partial charge in [-0.25, -0.2) is 9.97 Å². The van der Waals surface area contributed by atoms with E-state index in [2.05, 4.69) is 20.6 Å². The summed E-state index contributed by atoms with van der Waals surface area (Å²) >= 11 is 0. The number of aryl methyl sites for hydroxylation is 1. The van der Waals surface area contributed by atoms with Crippen LogP contribution in [0.3, 0.4) is 0 Å². The Morgan fingerprint density at radius 2 is 1.91 bits per heavy atom. The molecule has 5 nitrogen and oxygen atoms in total. The third-order valence-corrected chi connectivity index (χ3v) is 3.84. The van der Waals surface area contributed by atoms with Gasteiger partial charge in [0.25, 0.3) is 5.91 Å². The topological polar surface area (TPSA) is 66.9 Å². The predicted molar refractivity (Wildman–Crippen MR) is 86.0 cm³/mol. The van der Waals surface area contributed by atoms with Gasteiger partial charge >= 0.3 is 0 Å². The average molecular weight is 296 g/mol. The monoisotopic (exact) mass is 296 g/mol. The summed E-state index contributed by atoms with van der Waals surface area (Å²) < 4.78 is 0. The van der Waals surface area contributed by atoms with Crippen LogP contribution in [0, 0.1) is 6.92 Å². The molecule has 0 unspecified atom stereocenters. The van der Waals surface area contributed by atoms with Crippen molar-refractivity contribution in [1.29, 1.82) is 0 Å². The lowest BCUT2D eigenvalue weighted by molar-refractivity contribution is 0.102. The Bertz CT molecular complexity index is 651. The second kappa shape index (κ2) is 6.66. The fourth-order valence-electron chi connectivity index (χ4n) is 2.69. The van der Waals surface area contributed by atoms with Gasteiger partial charge in [-0.15, -0.1) is 0 Å². The fourth-order valence-corrected chi connectivity index (χ4v) is 2.69. The number of aromatic nitrogens is 2. The number of nitrogens with zero attached hydrogens (tertiary/aromatic N) is 2. The van der Waals surface area contributed by atoms with Crippen molar-refractivity contribution < 1.29 is 4.79 Å². The standard InChI is InChI=1S/C17H20N4O/c1-12-11-15(17(22)20-14-5-3-2-4-6-14)21-16(19-12)13-7-9-18-10-8-13/h2-6,11,13,18H,7-10H2,1H3,(H,20,22). The van der Waals surface area contributed by atoms with E-state index in [1.807, 2.05) is 37.3 Å². The molecule has 2 N–H and O–H groups in total. The van der Waals surface area contributed by atoms with Gasteiger partial charge in [-0.05, 0) is 51.1 Å². The van der Waals surface area contributed by atoms with E-state index in [4.69, 9.17) is 0 Å². The lowest BCUT2D eigenvalue weighted by Gasteiger charge is -2.21. The zero-order valence-electron chi connectivity index (χ0n) is 12.7. The van der Waals surface area contributed by atoms with E-state index in [9.17, 15) is 4.79 Å². The molecule has 2 aromatic rings. The zero-order valence-corrected chi connectivity index (χ0v) is 12.7. The van der Waals surface area contributed by atoms with E-state index >= 15 is 0 Å². The fraction of sp³-hybridized carbons (Fsp3) is 0.353. The molecule has 0 radical (unpaired) electrons. The van der Waals surface area contributed by atoms with Gasteiger partial charge in [0, 0.05) is 17.3 Å². The quantitative estimate of drug-likeness (QED) is 0.913. The summed E-state index contributed by atoms with van der Waals surface area (Å²) in [5.74, 6) is 0.941. The Hall–Kier alpha value is -2.27. The van der Waals surface area contributed by atoms with Crippen LogP contribution in [0.4, 0.5) is 5.69 Å². The average Bonchev–Trinajstić information content (AvgIpc) is 2.56. The van der Waals surface area contributed by atoms with Gasteiger partial charge in [0.1, 0.15) is 11.5 Å². The van der Waals surface area contributed by atoms with Crippen LogP contribution in [-0.2, 0) is 0 Å². The van der Waals surface area contributed by atoms with Crippen LogP contribution in [0.1, 0.15) is 40.8 Å². The summed E-state index contributed by atoms with van der Waals surface area (Å²) in [5.41, 5.74) is 2.04. The molecule has 2 heterocycles. The Morgan fingerprint density at radius 3 is 2.64 bits per heavy atom. The number of anilines is 1. The minimum Gasteiger partial charge on any atom is -0.321 e. The summed E-state index contributed by atoms with van der Waals surface area (Å²) in [5, 5.41) is 6.21. The van der Waals surface area contributed by atoms with Crippen LogP contribution in [0.2, 0.25) is 0 Å². The van der Waals surface area contributed by atoms with Gasteiger partial charge in [-0.3, -0.25) is 4.79 Å². The van der Waals surface area contributed by atoms with E-state index in [1.54, 1.807) is 6.07 Å². The SMILES string of the molecule is Cc1cc(C(=O)Nc2ccccc2)nc(C2CCNCC2)n1. The number of carbonyl (C=O) groups is 1. The van der Waals surface area contributed by atoms with E-state index in [1.165, 1.54) is 0 Å². The van der Waals surface area contributed by atoms with Gasteiger partial charge in [0.15, 0.2) is 0 Å². The van der Waals surface area contributed by atoms with Crippen molar-refractivity contribution in [2.24, 2.45) is 0 Å². The third kappa shape index (κ3) is 3.49. The molecule has 0 spiro atoms. The Balaban J connectivity index is 1.81. The number of benzene rings is 1. The largest absolute Gasteiger partial charge is 0.321 e. The summed E-state index contributed by atoms with van der Waals surface area (Å²) in [6, 6.07) is 11.2. The maximum Gasteiger partial charge on any atom is 0.274 e. The molecule has 1 fully saturated rings. The first-order valence-corrected chi connectivity index (χ1v) is 7.65. The van der Waals surface area contributed by atoms with Crippen LogP contribution >= 0.6 is 0 Å².